The molecule has 164 valence electrons. The predicted molar refractivity (Wildman–Crippen MR) is 128 cm³/mol. The van der Waals surface area contributed by atoms with E-state index in [1.807, 2.05) is 30.3 Å². The minimum absolute atomic E-state index is 0.304. The van der Waals surface area contributed by atoms with Gasteiger partial charge in [0.05, 0.1) is 26.0 Å². The minimum Gasteiger partial charge on any atom is -0.497 e. The van der Waals surface area contributed by atoms with Gasteiger partial charge in [0.25, 0.3) is 0 Å². The molecule has 0 saturated heterocycles. The van der Waals surface area contributed by atoms with E-state index < -0.39 is 5.97 Å². The van der Waals surface area contributed by atoms with Gasteiger partial charge in [0, 0.05) is 6.54 Å². The highest BCUT2D eigenvalue weighted by Gasteiger charge is 2.13. The Bertz CT molecular complexity index is 1090. The highest BCUT2D eigenvalue weighted by atomic mass is 32.1. The Kier molecular flexibility index (Phi) is 8.16. The number of thiocarbonyl (C=S) groups is 1. The van der Waals surface area contributed by atoms with Crippen LogP contribution in [0.1, 0.15) is 21.5 Å². The number of rotatable bonds is 8. The van der Waals surface area contributed by atoms with Crippen molar-refractivity contribution in [2.45, 2.75) is 6.54 Å². The van der Waals surface area contributed by atoms with Crippen molar-refractivity contribution in [3.05, 3.63) is 89.5 Å². The Hall–Kier alpha value is -3.91. The third-order valence-electron chi connectivity index (χ3n) is 4.39. The molecule has 0 bridgehead atoms. The van der Waals surface area contributed by atoms with Gasteiger partial charge in [0.2, 0.25) is 0 Å². The number of hydrogen-bond donors (Lipinski definition) is 2. The average molecular weight is 450 g/mol. The molecular weight excluding hydrogens is 426 g/mol. The third-order valence-corrected chi connectivity index (χ3v) is 4.63. The summed E-state index contributed by atoms with van der Waals surface area (Å²) >= 11 is 5.22. The number of methoxy groups -OCH3 is 2. The molecular formula is C24H23N3O4S. The van der Waals surface area contributed by atoms with Crippen molar-refractivity contribution in [1.82, 2.24) is 10.7 Å². The van der Waals surface area contributed by atoms with Crippen LogP contribution in [-0.4, -0.2) is 31.5 Å². The Labute approximate surface area is 192 Å². The van der Waals surface area contributed by atoms with Crippen LogP contribution in [-0.2, 0) is 6.54 Å². The molecule has 2 N–H and O–H groups in total. The summed E-state index contributed by atoms with van der Waals surface area (Å²) in [5.41, 5.74) is 5.03. The highest BCUT2D eigenvalue weighted by molar-refractivity contribution is 7.80. The Morgan fingerprint density at radius 3 is 2.41 bits per heavy atom. The molecule has 0 aliphatic rings. The number of nitrogens with zero attached hydrogens (tertiary/aromatic N) is 1. The monoisotopic (exact) mass is 449 g/mol. The quantitative estimate of drug-likeness (QED) is 0.177. The van der Waals surface area contributed by atoms with Gasteiger partial charge in [-0.25, -0.2) is 4.79 Å². The smallest absolute Gasteiger partial charge is 0.343 e. The van der Waals surface area contributed by atoms with Crippen LogP contribution in [0.2, 0.25) is 0 Å². The molecule has 32 heavy (non-hydrogen) atoms. The van der Waals surface area contributed by atoms with Gasteiger partial charge >= 0.3 is 5.97 Å². The van der Waals surface area contributed by atoms with Crippen LogP contribution in [0.25, 0.3) is 0 Å². The molecule has 0 atom stereocenters. The minimum atomic E-state index is -0.496. The molecule has 0 unspecified atom stereocenters. The van der Waals surface area contributed by atoms with Gasteiger partial charge in [-0.05, 0) is 65.8 Å². The van der Waals surface area contributed by atoms with Crippen LogP contribution in [0.4, 0.5) is 0 Å². The lowest BCUT2D eigenvalue weighted by Gasteiger charge is -2.10. The van der Waals surface area contributed by atoms with Crippen LogP contribution in [0.3, 0.4) is 0 Å². The first-order valence-electron chi connectivity index (χ1n) is 9.74. The second-order valence-electron chi connectivity index (χ2n) is 6.57. The molecule has 0 radical (unpaired) electrons. The normalized spacial score (nSPS) is 10.4. The first-order chi connectivity index (χ1) is 15.6. The SMILES string of the molecule is COc1ccc(C(=O)Oc2ccc(/C=N/NC(=S)NCc3ccccc3)cc2OC)cc1. The van der Waals surface area contributed by atoms with E-state index in [9.17, 15) is 4.79 Å². The maximum absolute atomic E-state index is 12.4. The average Bonchev–Trinajstić information content (AvgIpc) is 2.84. The van der Waals surface area contributed by atoms with Gasteiger partial charge in [-0.1, -0.05) is 30.3 Å². The van der Waals surface area contributed by atoms with E-state index in [2.05, 4.69) is 15.8 Å². The second kappa shape index (κ2) is 11.5. The number of ether oxygens (including phenoxy) is 3. The lowest BCUT2D eigenvalue weighted by atomic mass is 10.2. The molecule has 7 nitrogen and oxygen atoms in total. The van der Waals surface area contributed by atoms with Crippen LogP contribution in [0.15, 0.2) is 77.9 Å². The number of benzene rings is 3. The predicted octanol–water partition coefficient (Wildman–Crippen LogP) is 3.92. The molecule has 3 aromatic rings. The summed E-state index contributed by atoms with van der Waals surface area (Å²) in [6, 6.07) is 21.7. The topological polar surface area (TPSA) is 81.2 Å². The fourth-order valence-corrected chi connectivity index (χ4v) is 2.84. The first kappa shape index (κ1) is 22.8. The highest BCUT2D eigenvalue weighted by Crippen LogP contribution is 2.28. The lowest BCUT2D eigenvalue weighted by molar-refractivity contribution is 0.0729. The van der Waals surface area contributed by atoms with Gasteiger partial charge in [-0.2, -0.15) is 5.10 Å². The van der Waals surface area contributed by atoms with Crippen LogP contribution >= 0.6 is 12.2 Å². The molecule has 0 aliphatic carbocycles. The molecule has 3 aromatic carbocycles. The summed E-state index contributed by atoms with van der Waals surface area (Å²) in [6.07, 6.45) is 1.59. The molecule has 0 saturated carbocycles. The fourth-order valence-electron chi connectivity index (χ4n) is 2.72. The van der Waals surface area contributed by atoms with E-state index in [-0.39, 0.29) is 0 Å². The molecule has 0 heterocycles. The summed E-state index contributed by atoms with van der Waals surface area (Å²) in [6.45, 7) is 0.601. The maximum Gasteiger partial charge on any atom is 0.343 e. The molecule has 0 fully saturated rings. The van der Waals surface area contributed by atoms with Gasteiger partial charge < -0.3 is 19.5 Å². The number of carbonyl (C=O) groups is 1. The molecule has 0 aliphatic heterocycles. The lowest BCUT2D eigenvalue weighted by Crippen LogP contribution is -2.31. The molecule has 0 amide bonds. The zero-order chi connectivity index (χ0) is 22.8. The van der Waals surface area contributed by atoms with Gasteiger partial charge in [-0.3, -0.25) is 5.43 Å². The number of nitrogens with one attached hydrogen (secondary N) is 2. The van der Waals surface area contributed by atoms with Crippen molar-refractivity contribution >= 4 is 29.5 Å². The summed E-state index contributed by atoms with van der Waals surface area (Å²) in [5, 5.41) is 7.61. The van der Waals surface area contributed by atoms with E-state index in [4.69, 9.17) is 26.4 Å². The second-order valence-corrected chi connectivity index (χ2v) is 6.97. The Morgan fingerprint density at radius 1 is 0.969 bits per heavy atom. The standard InChI is InChI=1S/C24H23N3O4S/c1-29-20-11-9-19(10-12-20)23(28)31-21-13-8-18(14-22(21)30-2)16-26-27-24(32)25-15-17-6-4-3-5-7-17/h3-14,16H,15H2,1-2H3,(H2,25,27,32)/b26-16+. The number of carbonyl (C=O) groups excluding carboxylic acids is 1. The summed E-state index contributed by atoms with van der Waals surface area (Å²) in [4.78, 5) is 12.4. The van der Waals surface area contributed by atoms with E-state index in [0.717, 1.165) is 11.1 Å². The van der Waals surface area contributed by atoms with E-state index >= 15 is 0 Å². The van der Waals surface area contributed by atoms with E-state index in [1.54, 1.807) is 55.8 Å². The zero-order valence-electron chi connectivity index (χ0n) is 17.7. The fraction of sp³-hybridized carbons (Fsp3) is 0.125. The number of esters is 1. The number of hydrogen-bond acceptors (Lipinski definition) is 6. The van der Waals surface area contributed by atoms with Crippen molar-refractivity contribution in [3.8, 4) is 17.2 Å². The molecule has 0 spiro atoms. The third kappa shape index (κ3) is 6.55. The van der Waals surface area contributed by atoms with Crippen LogP contribution in [0, 0.1) is 0 Å². The summed E-state index contributed by atoms with van der Waals surface area (Å²) in [5.74, 6) is 0.870. The molecule has 0 aromatic heterocycles. The van der Waals surface area contributed by atoms with Crippen molar-refractivity contribution in [3.63, 3.8) is 0 Å². The van der Waals surface area contributed by atoms with Gasteiger partial charge in [0.15, 0.2) is 16.6 Å². The van der Waals surface area contributed by atoms with E-state index in [0.29, 0.717) is 34.5 Å². The van der Waals surface area contributed by atoms with Crippen LogP contribution < -0.4 is 25.0 Å². The largest absolute Gasteiger partial charge is 0.497 e. The van der Waals surface area contributed by atoms with E-state index in [1.165, 1.54) is 7.11 Å². The Balaban J connectivity index is 1.56. The maximum atomic E-state index is 12.4. The van der Waals surface area contributed by atoms with Crippen molar-refractivity contribution in [2.24, 2.45) is 5.10 Å². The van der Waals surface area contributed by atoms with Crippen molar-refractivity contribution in [2.75, 3.05) is 14.2 Å². The summed E-state index contributed by atoms with van der Waals surface area (Å²) in [7, 11) is 3.06. The number of hydrazone groups is 1. The van der Waals surface area contributed by atoms with Crippen molar-refractivity contribution < 1.29 is 19.0 Å². The molecule has 8 heteroatoms. The van der Waals surface area contributed by atoms with Gasteiger partial charge in [0.1, 0.15) is 5.75 Å². The first-order valence-corrected chi connectivity index (χ1v) is 10.1. The van der Waals surface area contributed by atoms with Crippen molar-refractivity contribution in [1.29, 1.82) is 0 Å². The zero-order valence-corrected chi connectivity index (χ0v) is 18.5. The van der Waals surface area contributed by atoms with Crippen LogP contribution in [0.5, 0.6) is 17.2 Å². The summed E-state index contributed by atoms with van der Waals surface area (Å²) < 4.78 is 15.9. The Morgan fingerprint density at radius 2 is 1.72 bits per heavy atom. The van der Waals surface area contributed by atoms with Gasteiger partial charge in [-0.15, -0.1) is 0 Å². The molecule has 3 rings (SSSR count).